The fraction of sp³-hybridized carbons (Fsp3) is 0.462. The molecule has 0 aromatic carbocycles. The van der Waals surface area contributed by atoms with Crippen molar-refractivity contribution in [2.24, 2.45) is 0 Å². The molecule has 0 N–H and O–H groups in total. The number of nitrogens with zero attached hydrogens (tertiary/aromatic N) is 2. The largest absolute Gasteiger partial charge is 0.490 e. The molecule has 1 aromatic rings. The van der Waals surface area contributed by atoms with Crippen LogP contribution in [0, 0.1) is 0 Å². The van der Waals surface area contributed by atoms with E-state index in [0.29, 0.717) is 6.04 Å². The number of halogens is 1. The average Bonchev–Trinajstić information content (AvgIpc) is 2.75. The van der Waals surface area contributed by atoms with Crippen molar-refractivity contribution in [2.75, 3.05) is 19.7 Å². The number of likely N-dealkylation sites (tertiary alicyclic amines) is 1. The van der Waals surface area contributed by atoms with Crippen molar-refractivity contribution in [1.29, 1.82) is 0 Å². The first-order chi connectivity index (χ1) is 8.29. The summed E-state index contributed by atoms with van der Waals surface area (Å²) in [5, 5.41) is 0. The van der Waals surface area contributed by atoms with Crippen LogP contribution in [0.5, 0.6) is 5.75 Å². The maximum atomic E-state index is 5.78. The van der Waals surface area contributed by atoms with Gasteiger partial charge >= 0.3 is 0 Å². The molecule has 1 unspecified atom stereocenters. The van der Waals surface area contributed by atoms with Crippen LogP contribution in [0.15, 0.2) is 35.6 Å². The molecular formula is C13H17BrN2O. The molecule has 4 heteroatoms. The lowest BCUT2D eigenvalue weighted by molar-refractivity contribution is 0.184. The summed E-state index contributed by atoms with van der Waals surface area (Å²) in [4.78, 5) is 6.50. The summed E-state index contributed by atoms with van der Waals surface area (Å²) in [7, 11) is 0. The minimum absolute atomic E-state index is 0.506. The van der Waals surface area contributed by atoms with Gasteiger partial charge in [0.05, 0.1) is 6.20 Å². The predicted molar refractivity (Wildman–Crippen MR) is 72.2 cm³/mol. The van der Waals surface area contributed by atoms with Crippen LogP contribution in [0.1, 0.15) is 12.8 Å². The number of pyridine rings is 1. The van der Waals surface area contributed by atoms with Gasteiger partial charge in [0.1, 0.15) is 12.4 Å². The van der Waals surface area contributed by atoms with E-state index in [1.807, 2.05) is 12.1 Å². The number of rotatable bonds is 5. The lowest BCUT2D eigenvalue weighted by Gasteiger charge is -2.22. The SMILES string of the molecule is C=CCN1CCCC1COc1cncc(Br)c1. The minimum Gasteiger partial charge on any atom is -0.490 e. The van der Waals surface area contributed by atoms with Crippen LogP contribution >= 0.6 is 15.9 Å². The standard InChI is InChI=1S/C13H17BrN2O/c1-2-5-16-6-3-4-12(16)10-17-13-7-11(14)8-15-9-13/h2,7-9,12H,1,3-6,10H2. The summed E-state index contributed by atoms with van der Waals surface area (Å²) < 4.78 is 6.73. The summed E-state index contributed by atoms with van der Waals surface area (Å²) in [6.07, 6.45) is 7.91. The maximum Gasteiger partial charge on any atom is 0.138 e. The summed E-state index contributed by atoms with van der Waals surface area (Å²) in [6, 6.07) is 2.45. The van der Waals surface area contributed by atoms with Crippen molar-refractivity contribution < 1.29 is 4.74 Å². The van der Waals surface area contributed by atoms with E-state index in [2.05, 4.69) is 32.4 Å². The second-order valence-corrected chi connectivity index (χ2v) is 5.15. The number of ether oxygens (including phenoxy) is 1. The van der Waals surface area contributed by atoms with Crippen LogP contribution in [0.25, 0.3) is 0 Å². The Kier molecular flexibility index (Phi) is 4.57. The second-order valence-electron chi connectivity index (χ2n) is 4.23. The molecule has 1 aliphatic heterocycles. The normalized spacial score (nSPS) is 20.4. The van der Waals surface area contributed by atoms with Gasteiger partial charge in [0.15, 0.2) is 0 Å². The first kappa shape index (κ1) is 12.6. The Morgan fingerprint density at radius 2 is 2.47 bits per heavy atom. The molecule has 1 saturated heterocycles. The molecule has 0 saturated carbocycles. The van der Waals surface area contributed by atoms with Crippen molar-refractivity contribution in [3.8, 4) is 5.75 Å². The molecule has 2 heterocycles. The van der Waals surface area contributed by atoms with Crippen LogP contribution in [0.2, 0.25) is 0 Å². The Hall–Kier alpha value is -0.870. The number of aromatic nitrogens is 1. The average molecular weight is 297 g/mol. The van der Waals surface area contributed by atoms with Gasteiger partial charge in [-0.1, -0.05) is 6.08 Å². The monoisotopic (exact) mass is 296 g/mol. The smallest absolute Gasteiger partial charge is 0.138 e. The van der Waals surface area contributed by atoms with Gasteiger partial charge in [-0.2, -0.15) is 0 Å². The molecule has 3 nitrogen and oxygen atoms in total. The second kappa shape index (κ2) is 6.17. The Morgan fingerprint density at radius 1 is 1.59 bits per heavy atom. The van der Waals surface area contributed by atoms with E-state index in [0.717, 1.165) is 29.9 Å². The Labute approximate surface area is 111 Å². The Bertz CT molecular complexity index is 383. The van der Waals surface area contributed by atoms with E-state index in [-0.39, 0.29) is 0 Å². The first-order valence-corrected chi connectivity index (χ1v) is 6.67. The van der Waals surface area contributed by atoms with Gasteiger partial charge in [0, 0.05) is 23.3 Å². The van der Waals surface area contributed by atoms with Crippen molar-refractivity contribution in [2.45, 2.75) is 18.9 Å². The van der Waals surface area contributed by atoms with Gasteiger partial charge in [-0.3, -0.25) is 9.88 Å². The Balaban J connectivity index is 1.87. The van der Waals surface area contributed by atoms with Gasteiger partial charge in [0.25, 0.3) is 0 Å². The fourth-order valence-electron chi connectivity index (χ4n) is 2.15. The third-order valence-corrected chi connectivity index (χ3v) is 3.42. The lowest BCUT2D eigenvalue weighted by atomic mass is 10.2. The molecule has 2 rings (SSSR count). The molecular weight excluding hydrogens is 280 g/mol. The molecule has 1 atom stereocenters. The molecule has 92 valence electrons. The van der Waals surface area contributed by atoms with Gasteiger partial charge < -0.3 is 4.74 Å². The van der Waals surface area contributed by atoms with Gasteiger partial charge in [-0.05, 0) is 41.4 Å². The summed E-state index contributed by atoms with van der Waals surface area (Å²) >= 11 is 3.39. The van der Waals surface area contributed by atoms with E-state index in [9.17, 15) is 0 Å². The zero-order chi connectivity index (χ0) is 12.1. The topological polar surface area (TPSA) is 25.4 Å². The van der Waals surface area contributed by atoms with Crippen molar-refractivity contribution in [1.82, 2.24) is 9.88 Å². The molecule has 17 heavy (non-hydrogen) atoms. The first-order valence-electron chi connectivity index (χ1n) is 5.88. The van der Waals surface area contributed by atoms with E-state index in [1.54, 1.807) is 12.4 Å². The molecule has 0 amide bonds. The fourth-order valence-corrected chi connectivity index (χ4v) is 2.50. The highest BCUT2D eigenvalue weighted by molar-refractivity contribution is 9.10. The summed E-state index contributed by atoms with van der Waals surface area (Å²) in [5.41, 5.74) is 0. The molecule has 0 aliphatic carbocycles. The van der Waals surface area contributed by atoms with Crippen LogP contribution in [-0.2, 0) is 0 Å². The van der Waals surface area contributed by atoms with E-state index >= 15 is 0 Å². The van der Waals surface area contributed by atoms with Crippen LogP contribution in [0.4, 0.5) is 0 Å². The van der Waals surface area contributed by atoms with Crippen molar-refractivity contribution >= 4 is 15.9 Å². The predicted octanol–water partition coefficient (Wildman–Crippen LogP) is 2.87. The highest BCUT2D eigenvalue weighted by Crippen LogP contribution is 2.20. The summed E-state index contributed by atoms with van der Waals surface area (Å²) in [5.74, 6) is 0.824. The quantitative estimate of drug-likeness (QED) is 0.781. The zero-order valence-electron chi connectivity index (χ0n) is 9.81. The van der Waals surface area contributed by atoms with Gasteiger partial charge in [0.2, 0.25) is 0 Å². The highest BCUT2D eigenvalue weighted by atomic mass is 79.9. The van der Waals surface area contributed by atoms with Gasteiger partial charge in [-0.25, -0.2) is 0 Å². The van der Waals surface area contributed by atoms with Crippen LogP contribution < -0.4 is 4.74 Å². The number of hydrogen-bond donors (Lipinski definition) is 0. The number of hydrogen-bond acceptors (Lipinski definition) is 3. The maximum absolute atomic E-state index is 5.78. The molecule has 0 spiro atoms. The molecule has 1 aromatic heterocycles. The third-order valence-electron chi connectivity index (χ3n) is 2.98. The molecule has 1 fully saturated rings. The van der Waals surface area contributed by atoms with Crippen LogP contribution in [-0.4, -0.2) is 35.6 Å². The summed E-state index contributed by atoms with van der Waals surface area (Å²) in [6.45, 7) is 6.62. The highest BCUT2D eigenvalue weighted by Gasteiger charge is 2.23. The molecule has 1 aliphatic rings. The van der Waals surface area contributed by atoms with E-state index in [1.165, 1.54) is 12.8 Å². The third kappa shape index (κ3) is 3.54. The zero-order valence-corrected chi connectivity index (χ0v) is 11.4. The lowest BCUT2D eigenvalue weighted by Crippen LogP contribution is -2.34. The minimum atomic E-state index is 0.506. The van der Waals surface area contributed by atoms with Crippen molar-refractivity contribution in [3.05, 3.63) is 35.6 Å². The van der Waals surface area contributed by atoms with E-state index < -0.39 is 0 Å². The van der Waals surface area contributed by atoms with Crippen molar-refractivity contribution in [3.63, 3.8) is 0 Å². The molecule has 0 bridgehead atoms. The van der Waals surface area contributed by atoms with Crippen LogP contribution in [0.3, 0.4) is 0 Å². The van der Waals surface area contributed by atoms with Gasteiger partial charge in [-0.15, -0.1) is 6.58 Å². The Morgan fingerprint density at radius 3 is 3.24 bits per heavy atom. The van der Waals surface area contributed by atoms with E-state index in [4.69, 9.17) is 4.74 Å². The molecule has 0 radical (unpaired) electrons.